The third kappa shape index (κ3) is 1.97. The third-order valence-electron chi connectivity index (χ3n) is 6.66. The van der Waals surface area contributed by atoms with Crippen LogP contribution in [-0.2, 0) is 9.47 Å². The minimum Gasteiger partial charge on any atom is -0.354 e. The molecule has 0 radical (unpaired) electrons. The van der Waals surface area contributed by atoms with Crippen LogP contribution in [0.2, 0.25) is 0 Å². The van der Waals surface area contributed by atoms with Crippen molar-refractivity contribution >= 4 is 0 Å². The molecule has 23 heavy (non-hydrogen) atoms. The van der Waals surface area contributed by atoms with Gasteiger partial charge in [-0.1, -0.05) is 13.8 Å². The largest absolute Gasteiger partial charge is 0.449 e. The van der Waals surface area contributed by atoms with Gasteiger partial charge in [0.1, 0.15) is 5.60 Å². The molecule has 0 aromatic carbocycles. The molecule has 0 amide bonds. The molecule has 3 aliphatic rings. The second-order valence-electron chi connectivity index (χ2n) is 7.45. The highest BCUT2D eigenvalue weighted by Crippen LogP contribution is 2.64. The Hall–Kier alpha value is -0.470. The van der Waals surface area contributed by atoms with Gasteiger partial charge >= 0.3 is 17.9 Å². The van der Waals surface area contributed by atoms with Gasteiger partial charge in [-0.3, -0.25) is 0 Å². The zero-order valence-electron chi connectivity index (χ0n) is 13.2. The maximum absolute atomic E-state index is 14.8. The molecule has 1 saturated heterocycles. The Morgan fingerprint density at radius 2 is 1.65 bits per heavy atom. The molecule has 1 heterocycles. The Balaban J connectivity index is 1.98. The zero-order chi connectivity index (χ0) is 17.4. The molecule has 0 aromatic heterocycles. The highest BCUT2D eigenvalue weighted by molar-refractivity contribution is 5.13. The first-order valence-electron chi connectivity index (χ1n) is 7.81. The van der Waals surface area contributed by atoms with Crippen LogP contribution >= 0.6 is 0 Å². The summed E-state index contributed by atoms with van der Waals surface area (Å²) in [7, 11) is 0. The molecule has 2 saturated carbocycles. The Kier molecular flexibility index (Phi) is 3.61. The Morgan fingerprint density at radius 3 is 2.13 bits per heavy atom. The first-order valence-corrected chi connectivity index (χ1v) is 7.81. The van der Waals surface area contributed by atoms with Gasteiger partial charge in [0.25, 0.3) is 0 Å². The standard InChI is InChI=1S/C15H21F5O3/c1-7-8(2)10-4-9(7)5-11(10)12(3)13(16,17)14(21,15(18,19)20)23-6-22-12/h7-11,21H,4-6H2,1-3H3. The molecule has 8 heteroatoms. The van der Waals surface area contributed by atoms with Crippen LogP contribution in [0.4, 0.5) is 22.0 Å². The van der Waals surface area contributed by atoms with E-state index in [1.54, 1.807) is 0 Å². The van der Waals surface area contributed by atoms with Gasteiger partial charge in [0, 0.05) is 0 Å². The Bertz CT molecular complexity index is 494. The van der Waals surface area contributed by atoms with E-state index in [2.05, 4.69) is 4.74 Å². The monoisotopic (exact) mass is 344 g/mol. The van der Waals surface area contributed by atoms with Crippen LogP contribution in [-0.4, -0.2) is 35.4 Å². The van der Waals surface area contributed by atoms with Crippen molar-refractivity contribution in [3.05, 3.63) is 0 Å². The topological polar surface area (TPSA) is 38.7 Å². The lowest BCUT2D eigenvalue weighted by Crippen LogP contribution is -2.75. The fraction of sp³-hybridized carbons (Fsp3) is 1.00. The fourth-order valence-electron chi connectivity index (χ4n) is 4.93. The number of fused-ring (bicyclic) bond motifs is 2. The molecule has 3 fully saturated rings. The maximum Gasteiger partial charge on any atom is 0.449 e. The summed E-state index contributed by atoms with van der Waals surface area (Å²) in [6.45, 7) is 3.95. The number of aliphatic hydroxyl groups is 1. The highest BCUT2D eigenvalue weighted by Gasteiger charge is 2.81. The number of hydrogen-bond acceptors (Lipinski definition) is 3. The summed E-state index contributed by atoms with van der Waals surface area (Å²) in [5.74, 6) is -9.31. The van der Waals surface area contributed by atoms with Crippen LogP contribution in [0.15, 0.2) is 0 Å². The average Bonchev–Trinajstić information content (AvgIpc) is 2.97. The van der Waals surface area contributed by atoms with Crippen molar-refractivity contribution in [3.8, 4) is 0 Å². The molecule has 3 rings (SSSR count). The summed E-state index contributed by atoms with van der Waals surface area (Å²) in [5.41, 5.74) is -2.41. The molecule has 2 bridgehead atoms. The minimum absolute atomic E-state index is 0.136. The molecule has 7 unspecified atom stereocenters. The normalized spacial score (nSPS) is 52.8. The van der Waals surface area contributed by atoms with E-state index in [0.29, 0.717) is 18.8 Å². The maximum atomic E-state index is 14.8. The van der Waals surface area contributed by atoms with Crippen molar-refractivity contribution < 1.29 is 36.5 Å². The quantitative estimate of drug-likeness (QED) is 0.739. The summed E-state index contributed by atoms with van der Waals surface area (Å²) >= 11 is 0. The Labute approximate surface area is 131 Å². The lowest BCUT2D eigenvalue weighted by Gasteiger charge is -2.54. The van der Waals surface area contributed by atoms with Crippen molar-refractivity contribution in [2.75, 3.05) is 6.79 Å². The van der Waals surface area contributed by atoms with Gasteiger partial charge in [-0.2, -0.15) is 22.0 Å². The molecule has 0 aromatic rings. The van der Waals surface area contributed by atoms with Gasteiger partial charge in [-0.15, -0.1) is 0 Å². The Morgan fingerprint density at radius 1 is 1.04 bits per heavy atom. The lowest BCUT2D eigenvalue weighted by molar-refractivity contribution is -0.506. The molecule has 1 N–H and O–H groups in total. The fourth-order valence-corrected chi connectivity index (χ4v) is 4.93. The number of rotatable bonds is 1. The summed E-state index contributed by atoms with van der Waals surface area (Å²) in [5, 5.41) is 9.64. The summed E-state index contributed by atoms with van der Waals surface area (Å²) in [6, 6.07) is 0. The second kappa shape index (κ2) is 4.79. The van der Waals surface area contributed by atoms with Crippen molar-refractivity contribution in [2.24, 2.45) is 29.6 Å². The molecule has 134 valence electrons. The van der Waals surface area contributed by atoms with E-state index >= 15 is 0 Å². The summed E-state index contributed by atoms with van der Waals surface area (Å²) in [4.78, 5) is 0. The SMILES string of the molecule is CC1C2CC(C1C)C(C1(C)OCOC(O)(C(F)(F)F)C1(F)F)C2. The van der Waals surface area contributed by atoms with Crippen LogP contribution in [0, 0.1) is 29.6 Å². The van der Waals surface area contributed by atoms with Crippen LogP contribution in [0.1, 0.15) is 33.6 Å². The van der Waals surface area contributed by atoms with Crippen LogP contribution in [0.25, 0.3) is 0 Å². The molecule has 2 aliphatic carbocycles. The van der Waals surface area contributed by atoms with Crippen LogP contribution < -0.4 is 0 Å². The van der Waals surface area contributed by atoms with E-state index in [0.717, 1.165) is 6.92 Å². The highest BCUT2D eigenvalue weighted by atomic mass is 19.4. The smallest absolute Gasteiger partial charge is 0.354 e. The number of halogens is 5. The minimum atomic E-state index is -5.61. The van der Waals surface area contributed by atoms with E-state index in [1.807, 2.05) is 13.8 Å². The second-order valence-corrected chi connectivity index (χ2v) is 7.45. The van der Waals surface area contributed by atoms with Gasteiger partial charge in [-0.05, 0) is 49.4 Å². The summed E-state index contributed by atoms with van der Waals surface area (Å²) in [6.07, 6.45) is -4.51. The van der Waals surface area contributed by atoms with Crippen molar-refractivity contribution in [3.63, 3.8) is 0 Å². The molecule has 7 atom stereocenters. The average molecular weight is 344 g/mol. The van der Waals surface area contributed by atoms with Gasteiger partial charge in [-0.25, -0.2) is 0 Å². The van der Waals surface area contributed by atoms with Gasteiger partial charge < -0.3 is 14.6 Å². The number of hydrogen-bond donors (Lipinski definition) is 1. The lowest BCUT2D eigenvalue weighted by atomic mass is 9.66. The number of ether oxygens (including phenoxy) is 2. The van der Waals surface area contributed by atoms with E-state index in [9.17, 15) is 27.1 Å². The number of alkyl halides is 5. The predicted octanol–water partition coefficient (Wildman–Crippen LogP) is 3.56. The molecular weight excluding hydrogens is 323 g/mol. The van der Waals surface area contributed by atoms with Crippen LogP contribution in [0.3, 0.4) is 0 Å². The molecule has 3 nitrogen and oxygen atoms in total. The first kappa shape index (κ1) is 17.4. The molecule has 1 aliphatic heterocycles. The first-order chi connectivity index (χ1) is 10.4. The summed E-state index contributed by atoms with van der Waals surface area (Å²) < 4.78 is 77.8. The van der Waals surface area contributed by atoms with Crippen LogP contribution in [0.5, 0.6) is 0 Å². The molecular formula is C15H21F5O3. The predicted molar refractivity (Wildman–Crippen MR) is 69.4 cm³/mol. The van der Waals surface area contributed by atoms with E-state index in [4.69, 9.17) is 4.74 Å². The van der Waals surface area contributed by atoms with Gasteiger partial charge in [0.05, 0.1) is 0 Å². The van der Waals surface area contributed by atoms with E-state index < -0.39 is 36.2 Å². The third-order valence-corrected chi connectivity index (χ3v) is 6.66. The van der Waals surface area contributed by atoms with Gasteiger partial charge in [0.15, 0.2) is 6.79 Å². The van der Waals surface area contributed by atoms with Crippen molar-refractivity contribution in [1.29, 1.82) is 0 Å². The van der Waals surface area contributed by atoms with E-state index in [-0.39, 0.29) is 17.8 Å². The zero-order valence-corrected chi connectivity index (χ0v) is 13.2. The van der Waals surface area contributed by atoms with E-state index in [1.165, 1.54) is 0 Å². The van der Waals surface area contributed by atoms with Gasteiger partial charge in [0.2, 0.25) is 0 Å². The van der Waals surface area contributed by atoms with Crippen molar-refractivity contribution in [2.45, 2.75) is 57.1 Å². The van der Waals surface area contributed by atoms with Crippen molar-refractivity contribution in [1.82, 2.24) is 0 Å². The molecule has 0 spiro atoms.